The summed E-state index contributed by atoms with van der Waals surface area (Å²) >= 11 is 0. The van der Waals surface area contributed by atoms with E-state index in [-0.39, 0.29) is 11.5 Å². The molecule has 8 nitrogen and oxygen atoms in total. The molecule has 1 N–H and O–H groups in total. The van der Waals surface area contributed by atoms with Crippen molar-refractivity contribution in [3.8, 4) is 0 Å². The number of aryl methyl sites for hydroxylation is 1. The van der Waals surface area contributed by atoms with Crippen molar-refractivity contribution >= 4 is 25.9 Å². The number of nitrogens with one attached hydrogen (secondary N) is 1. The Hall–Kier alpha value is -1.13. The summed E-state index contributed by atoms with van der Waals surface area (Å²) in [5, 5.41) is 4.05. The molecular formula is C13H24N4O4S2. The molecule has 1 fully saturated rings. The number of unbranched alkanes of at least 4 members (excludes halogenated alkanes) is 1. The predicted molar refractivity (Wildman–Crippen MR) is 89.1 cm³/mol. The molecule has 1 aromatic heterocycles. The van der Waals surface area contributed by atoms with Crippen LogP contribution in [0.5, 0.6) is 0 Å². The zero-order chi connectivity index (χ0) is 17.1. The lowest BCUT2D eigenvalue weighted by atomic mass is 10.4. The molecule has 1 aliphatic carbocycles. The first-order valence-corrected chi connectivity index (χ1v) is 10.9. The second-order valence-electron chi connectivity index (χ2n) is 5.95. The first-order chi connectivity index (χ1) is 10.7. The number of nitrogens with zero attached hydrogens (tertiary/aromatic N) is 3. The molecule has 1 aromatic rings. The van der Waals surface area contributed by atoms with Gasteiger partial charge in [0.15, 0.2) is 5.82 Å². The van der Waals surface area contributed by atoms with Crippen LogP contribution >= 0.6 is 0 Å². The minimum atomic E-state index is -3.49. The fourth-order valence-electron chi connectivity index (χ4n) is 2.07. The Morgan fingerprint density at radius 2 is 1.91 bits per heavy atom. The van der Waals surface area contributed by atoms with Crippen molar-refractivity contribution in [2.75, 3.05) is 29.4 Å². The highest BCUT2D eigenvalue weighted by molar-refractivity contribution is 7.92. The molecule has 0 amide bonds. The van der Waals surface area contributed by atoms with Gasteiger partial charge in [0.05, 0.1) is 11.5 Å². The van der Waals surface area contributed by atoms with Gasteiger partial charge in [-0.3, -0.25) is 8.99 Å². The maximum absolute atomic E-state index is 12.2. The zero-order valence-electron chi connectivity index (χ0n) is 13.5. The third kappa shape index (κ3) is 5.78. The molecular weight excluding hydrogens is 340 g/mol. The molecule has 23 heavy (non-hydrogen) atoms. The highest BCUT2D eigenvalue weighted by Crippen LogP contribution is 2.27. The van der Waals surface area contributed by atoms with Gasteiger partial charge >= 0.3 is 0 Å². The van der Waals surface area contributed by atoms with E-state index in [0.29, 0.717) is 31.1 Å². The third-order valence-electron chi connectivity index (χ3n) is 3.79. The number of hydrogen-bond acceptors (Lipinski definition) is 5. The summed E-state index contributed by atoms with van der Waals surface area (Å²) in [4.78, 5) is 0. The molecule has 0 saturated heterocycles. The molecule has 1 aliphatic rings. The summed E-state index contributed by atoms with van der Waals surface area (Å²) in [6.45, 7) is 0.503. The molecule has 1 saturated carbocycles. The number of sulfonamides is 2. The maximum atomic E-state index is 12.2. The van der Waals surface area contributed by atoms with Crippen molar-refractivity contribution in [3.63, 3.8) is 0 Å². The number of aromatic nitrogens is 2. The molecule has 0 bridgehead atoms. The Labute approximate surface area is 138 Å². The first-order valence-electron chi connectivity index (χ1n) is 7.63. The van der Waals surface area contributed by atoms with Gasteiger partial charge in [0, 0.05) is 32.9 Å². The van der Waals surface area contributed by atoms with Crippen LogP contribution in [0.2, 0.25) is 0 Å². The van der Waals surface area contributed by atoms with E-state index in [1.165, 1.54) is 11.7 Å². The van der Waals surface area contributed by atoms with E-state index in [0.717, 1.165) is 17.1 Å². The van der Waals surface area contributed by atoms with Gasteiger partial charge in [-0.25, -0.2) is 21.6 Å². The Balaban J connectivity index is 1.75. The van der Waals surface area contributed by atoms with Gasteiger partial charge in [-0.15, -0.1) is 0 Å². The van der Waals surface area contributed by atoms with Crippen molar-refractivity contribution in [2.45, 2.75) is 25.7 Å². The summed E-state index contributed by atoms with van der Waals surface area (Å²) in [7, 11) is -3.63. The van der Waals surface area contributed by atoms with Crippen LogP contribution in [0.25, 0.3) is 0 Å². The van der Waals surface area contributed by atoms with Gasteiger partial charge < -0.3 is 0 Å². The van der Waals surface area contributed by atoms with Crippen LogP contribution < -0.4 is 9.03 Å². The van der Waals surface area contributed by atoms with Gasteiger partial charge in [-0.2, -0.15) is 5.10 Å². The number of anilines is 1. The Bertz CT molecular complexity index is 723. The third-order valence-corrected chi connectivity index (χ3v) is 7.05. The SMILES string of the molecule is CN(c1ccn(C)n1)S(=O)(=O)CCCCS(=O)(=O)NCC1CC1. The second-order valence-corrected chi connectivity index (χ2v) is 10.00. The Morgan fingerprint density at radius 3 is 2.48 bits per heavy atom. The summed E-state index contributed by atoms with van der Waals surface area (Å²) in [6.07, 6.45) is 4.44. The quantitative estimate of drug-likeness (QED) is 0.602. The topological polar surface area (TPSA) is 101 Å². The lowest BCUT2D eigenvalue weighted by Gasteiger charge is -2.16. The molecule has 0 radical (unpaired) electrons. The molecule has 0 aliphatic heterocycles. The van der Waals surface area contributed by atoms with Crippen LogP contribution in [-0.2, 0) is 27.1 Å². The van der Waals surface area contributed by atoms with Gasteiger partial charge in [0.25, 0.3) is 0 Å². The van der Waals surface area contributed by atoms with E-state index in [2.05, 4.69) is 9.82 Å². The van der Waals surface area contributed by atoms with Crippen LogP contribution in [0.1, 0.15) is 25.7 Å². The highest BCUT2D eigenvalue weighted by Gasteiger charge is 2.24. The summed E-state index contributed by atoms with van der Waals surface area (Å²) in [6, 6.07) is 1.61. The largest absolute Gasteiger partial charge is 0.274 e. The summed E-state index contributed by atoms with van der Waals surface area (Å²) in [5.74, 6) is 0.698. The lowest BCUT2D eigenvalue weighted by Crippen LogP contribution is -2.31. The number of rotatable bonds is 10. The summed E-state index contributed by atoms with van der Waals surface area (Å²) < 4.78 is 53.2. The molecule has 0 atom stereocenters. The average molecular weight is 364 g/mol. The van der Waals surface area contributed by atoms with E-state index >= 15 is 0 Å². The highest BCUT2D eigenvalue weighted by atomic mass is 32.2. The first kappa shape index (κ1) is 18.2. The molecule has 0 aromatic carbocycles. The Morgan fingerprint density at radius 1 is 1.26 bits per heavy atom. The molecule has 132 valence electrons. The smallest absolute Gasteiger partial charge is 0.236 e. The minimum Gasteiger partial charge on any atom is -0.274 e. The molecule has 1 heterocycles. The van der Waals surface area contributed by atoms with Crippen molar-refractivity contribution in [2.24, 2.45) is 13.0 Å². The standard InChI is InChI=1S/C13H24N4O4S2/c1-16-8-7-13(15-16)17(2)23(20,21)10-4-3-9-22(18,19)14-11-12-5-6-12/h7-8,12,14H,3-6,9-11H2,1-2H3. The van der Waals surface area contributed by atoms with E-state index in [9.17, 15) is 16.8 Å². The van der Waals surface area contributed by atoms with Crippen molar-refractivity contribution in [3.05, 3.63) is 12.3 Å². The van der Waals surface area contributed by atoms with Crippen LogP contribution in [0, 0.1) is 5.92 Å². The normalized spacial score (nSPS) is 15.7. The maximum Gasteiger partial charge on any atom is 0.236 e. The van der Waals surface area contributed by atoms with Crippen LogP contribution in [0.4, 0.5) is 5.82 Å². The number of hydrogen-bond donors (Lipinski definition) is 1. The molecule has 0 spiro atoms. The monoisotopic (exact) mass is 364 g/mol. The molecule has 2 rings (SSSR count). The molecule has 10 heteroatoms. The van der Waals surface area contributed by atoms with Gasteiger partial charge in [-0.1, -0.05) is 0 Å². The van der Waals surface area contributed by atoms with E-state index in [1.54, 1.807) is 19.3 Å². The van der Waals surface area contributed by atoms with E-state index in [1.807, 2.05) is 0 Å². The van der Waals surface area contributed by atoms with Crippen molar-refractivity contribution < 1.29 is 16.8 Å². The fourth-order valence-corrected chi connectivity index (χ4v) is 4.51. The zero-order valence-corrected chi connectivity index (χ0v) is 15.1. The van der Waals surface area contributed by atoms with Crippen molar-refractivity contribution in [1.29, 1.82) is 0 Å². The average Bonchev–Trinajstić information content (AvgIpc) is 3.21. The van der Waals surface area contributed by atoms with Gasteiger partial charge in [0.2, 0.25) is 20.0 Å². The fraction of sp³-hybridized carbons (Fsp3) is 0.769. The molecule has 0 unspecified atom stereocenters. The van der Waals surface area contributed by atoms with E-state index < -0.39 is 20.0 Å². The van der Waals surface area contributed by atoms with E-state index in [4.69, 9.17) is 0 Å². The predicted octanol–water partition coefficient (Wildman–Crippen LogP) is 0.296. The minimum absolute atomic E-state index is 0.0391. The van der Waals surface area contributed by atoms with Crippen molar-refractivity contribution in [1.82, 2.24) is 14.5 Å². The Kier molecular flexibility index (Phi) is 5.69. The van der Waals surface area contributed by atoms with Crippen LogP contribution in [-0.4, -0.2) is 51.7 Å². The van der Waals surface area contributed by atoms with Crippen LogP contribution in [0.15, 0.2) is 12.3 Å². The van der Waals surface area contributed by atoms with Gasteiger partial charge in [-0.05, 0) is 31.6 Å². The van der Waals surface area contributed by atoms with Crippen LogP contribution in [0.3, 0.4) is 0 Å². The van der Waals surface area contributed by atoms with Gasteiger partial charge in [0.1, 0.15) is 0 Å². The lowest BCUT2D eigenvalue weighted by molar-refractivity contribution is 0.571. The summed E-state index contributed by atoms with van der Waals surface area (Å²) in [5.41, 5.74) is 0. The second kappa shape index (κ2) is 7.18.